The lowest BCUT2D eigenvalue weighted by molar-refractivity contribution is -0.135. The third-order valence-corrected chi connectivity index (χ3v) is 2.27. The maximum Gasteiger partial charge on any atom is 0.389 e. The van der Waals surface area contributed by atoms with Crippen LogP contribution < -0.4 is 11.2 Å². The van der Waals surface area contributed by atoms with E-state index in [1.165, 1.54) is 0 Å². The maximum atomic E-state index is 11.8. The number of halogens is 4. The summed E-state index contributed by atoms with van der Waals surface area (Å²) >= 11 is 2.77. The highest BCUT2D eigenvalue weighted by molar-refractivity contribution is 9.10. The highest BCUT2D eigenvalue weighted by Crippen LogP contribution is 2.21. The third-order valence-electron chi connectivity index (χ3n) is 1.76. The number of nitrogens with one attached hydrogen (secondary N) is 1. The molecule has 0 aliphatic rings. The second kappa shape index (κ2) is 4.81. The molecule has 0 unspecified atom stereocenters. The molecule has 0 saturated carbocycles. The minimum atomic E-state index is -4.29. The van der Waals surface area contributed by atoms with Gasteiger partial charge in [-0.25, -0.2) is 9.89 Å². The zero-order valence-electron chi connectivity index (χ0n) is 7.84. The van der Waals surface area contributed by atoms with Gasteiger partial charge in [-0.3, -0.25) is 9.36 Å². The Labute approximate surface area is 95.4 Å². The van der Waals surface area contributed by atoms with E-state index in [1.807, 2.05) is 5.10 Å². The van der Waals surface area contributed by atoms with Gasteiger partial charge in [0, 0.05) is 13.0 Å². The Morgan fingerprint density at radius 3 is 2.56 bits per heavy atom. The second-order valence-electron chi connectivity index (χ2n) is 3.00. The molecule has 1 N–H and O–H groups in total. The predicted octanol–water partition coefficient (Wildman–Crippen LogP) is 1.04. The lowest BCUT2D eigenvalue weighted by atomic mass is 10.3. The second-order valence-corrected chi connectivity index (χ2v) is 3.75. The van der Waals surface area contributed by atoms with Crippen LogP contribution in [0.2, 0.25) is 0 Å². The van der Waals surface area contributed by atoms with E-state index in [1.54, 1.807) is 0 Å². The minimum absolute atomic E-state index is 0.140. The molecule has 1 heterocycles. The zero-order valence-corrected chi connectivity index (χ0v) is 9.43. The summed E-state index contributed by atoms with van der Waals surface area (Å²) in [6.07, 6.45) is -5.66. The summed E-state index contributed by atoms with van der Waals surface area (Å²) in [7, 11) is 0. The summed E-state index contributed by atoms with van der Waals surface area (Å²) in [5.41, 5.74) is -1.57. The van der Waals surface area contributed by atoms with Crippen molar-refractivity contribution < 1.29 is 13.2 Å². The van der Waals surface area contributed by atoms with Crippen LogP contribution in [0.25, 0.3) is 0 Å². The van der Waals surface area contributed by atoms with Gasteiger partial charge in [-0.1, -0.05) is 0 Å². The van der Waals surface area contributed by atoms with Gasteiger partial charge in [-0.05, 0) is 22.4 Å². The van der Waals surface area contributed by atoms with E-state index in [9.17, 15) is 22.8 Å². The van der Waals surface area contributed by atoms with Gasteiger partial charge in [0.2, 0.25) is 0 Å². The van der Waals surface area contributed by atoms with E-state index >= 15 is 0 Å². The average molecular weight is 302 g/mol. The van der Waals surface area contributed by atoms with Crippen LogP contribution in [-0.2, 0) is 6.54 Å². The molecule has 0 spiro atoms. The normalized spacial score (nSPS) is 11.8. The lowest BCUT2D eigenvalue weighted by Gasteiger charge is -2.06. The molecule has 0 amide bonds. The van der Waals surface area contributed by atoms with Crippen molar-refractivity contribution in [2.24, 2.45) is 0 Å². The molecule has 0 aliphatic heterocycles. The SMILES string of the molecule is O=c1[nH]nc(Br)c(=O)n1CCCC(F)(F)F. The van der Waals surface area contributed by atoms with E-state index in [4.69, 9.17) is 0 Å². The molecule has 0 saturated heterocycles. The number of nitrogens with zero attached hydrogens (tertiary/aromatic N) is 2. The monoisotopic (exact) mass is 301 g/mol. The summed E-state index contributed by atoms with van der Waals surface area (Å²) in [6.45, 7) is -0.297. The van der Waals surface area contributed by atoms with Crippen molar-refractivity contribution in [2.75, 3.05) is 0 Å². The molecule has 0 aliphatic carbocycles. The average Bonchev–Trinajstić information content (AvgIpc) is 2.16. The van der Waals surface area contributed by atoms with Crippen molar-refractivity contribution >= 4 is 15.9 Å². The van der Waals surface area contributed by atoms with Crippen LogP contribution in [0.5, 0.6) is 0 Å². The summed E-state index contributed by atoms with van der Waals surface area (Å²) < 4.78 is 36.1. The Kier molecular flexibility index (Phi) is 3.89. The number of aromatic amines is 1. The van der Waals surface area contributed by atoms with Gasteiger partial charge in [-0.15, -0.1) is 0 Å². The summed E-state index contributed by atoms with van der Waals surface area (Å²) in [4.78, 5) is 22.4. The third kappa shape index (κ3) is 3.47. The van der Waals surface area contributed by atoms with Crippen molar-refractivity contribution in [3.8, 4) is 0 Å². The molecule has 9 heteroatoms. The van der Waals surface area contributed by atoms with Crippen LogP contribution >= 0.6 is 15.9 Å². The molecule has 90 valence electrons. The van der Waals surface area contributed by atoms with Crippen molar-refractivity contribution in [2.45, 2.75) is 25.6 Å². The van der Waals surface area contributed by atoms with Crippen molar-refractivity contribution in [1.29, 1.82) is 0 Å². The molecule has 0 fully saturated rings. The molecule has 0 atom stereocenters. The molecule has 0 bridgehead atoms. The zero-order chi connectivity index (χ0) is 12.3. The Balaban J connectivity index is 2.79. The molecule has 0 radical (unpaired) electrons. The standard InChI is InChI=1S/C7H7BrF3N3O2/c8-4-5(15)14(6(16)13-12-4)3-1-2-7(9,10)11/h1-3H2,(H,13,16). The van der Waals surface area contributed by atoms with Crippen molar-refractivity contribution in [3.05, 3.63) is 25.4 Å². The minimum Gasteiger partial charge on any atom is -0.266 e. The highest BCUT2D eigenvalue weighted by atomic mass is 79.9. The molecular formula is C7H7BrF3N3O2. The van der Waals surface area contributed by atoms with Gasteiger partial charge in [0.05, 0.1) is 0 Å². The first kappa shape index (κ1) is 12.9. The van der Waals surface area contributed by atoms with E-state index in [0.29, 0.717) is 4.57 Å². The molecular weight excluding hydrogens is 295 g/mol. The van der Waals surface area contributed by atoms with E-state index in [2.05, 4.69) is 21.0 Å². The van der Waals surface area contributed by atoms with Crippen molar-refractivity contribution in [1.82, 2.24) is 14.8 Å². The number of rotatable bonds is 3. The molecule has 1 rings (SSSR count). The summed E-state index contributed by atoms with van der Waals surface area (Å²) in [5.74, 6) is 0. The van der Waals surface area contributed by atoms with Gasteiger partial charge in [0.1, 0.15) is 0 Å². The summed E-state index contributed by atoms with van der Waals surface area (Å²) in [5, 5.41) is 5.31. The van der Waals surface area contributed by atoms with Crippen LogP contribution in [-0.4, -0.2) is 20.9 Å². The van der Waals surface area contributed by atoms with Gasteiger partial charge >= 0.3 is 11.9 Å². The molecule has 0 aromatic carbocycles. The fourth-order valence-corrected chi connectivity index (χ4v) is 1.35. The first-order valence-electron chi connectivity index (χ1n) is 4.23. The molecule has 16 heavy (non-hydrogen) atoms. The highest BCUT2D eigenvalue weighted by Gasteiger charge is 2.26. The molecule has 1 aromatic rings. The van der Waals surface area contributed by atoms with E-state index in [0.717, 1.165) is 0 Å². The Hall–Kier alpha value is -1.12. The van der Waals surface area contributed by atoms with Crippen LogP contribution in [0.15, 0.2) is 14.2 Å². The fourth-order valence-electron chi connectivity index (χ4n) is 1.05. The quantitative estimate of drug-likeness (QED) is 0.907. The van der Waals surface area contributed by atoms with Crippen LogP contribution in [0, 0.1) is 0 Å². The number of aromatic nitrogens is 3. The topological polar surface area (TPSA) is 67.8 Å². The predicted molar refractivity (Wildman–Crippen MR) is 52.1 cm³/mol. The maximum absolute atomic E-state index is 11.8. The number of alkyl halides is 3. The first-order chi connectivity index (χ1) is 7.31. The Morgan fingerprint density at radius 2 is 2.00 bits per heavy atom. The van der Waals surface area contributed by atoms with Crippen LogP contribution in [0.1, 0.15) is 12.8 Å². The van der Waals surface area contributed by atoms with Gasteiger partial charge in [0.25, 0.3) is 5.56 Å². The lowest BCUT2D eigenvalue weighted by Crippen LogP contribution is -2.36. The molecule has 5 nitrogen and oxygen atoms in total. The number of hydrogen-bond acceptors (Lipinski definition) is 3. The van der Waals surface area contributed by atoms with E-state index in [-0.39, 0.29) is 17.6 Å². The summed E-state index contributed by atoms with van der Waals surface area (Å²) in [6, 6.07) is 0. The van der Waals surface area contributed by atoms with Crippen LogP contribution in [0.4, 0.5) is 13.2 Å². The molecule has 1 aromatic heterocycles. The number of hydrogen-bond donors (Lipinski definition) is 1. The number of H-pyrrole nitrogens is 1. The fraction of sp³-hybridized carbons (Fsp3) is 0.571. The van der Waals surface area contributed by atoms with Gasteiger partial charge in [0.15, 0.2) is 4.60 Å². The van der Waals surface area contributed by atoms with Crippen LogP contribution in [0.3, 0.4) is 0 Å². The smallest absolute Gasteiger partial charge is 0.266 e. The Morgan fingerprint density at radius 1 is 1.38 bits per heavy atom. The Bertz CT molecular complexity index is 479. The van der Waals surface area contributed by atoms with E-state index < -0.39 is 23.8 Å². The largest absolute Gasteiger partial charge is 0.389 e. The van der Waals surface area contributed by atoms with Crippen molar-refractivity contribution in [3.63, 3.8) is 0 Å². The first-order valence-corrected chi connectivity index (χ1v) is 5.02. The van der Waals surface area contributed by atoms with Gasteiger partial charge < -0.3 is 0 Å². The van der Waals surface area contributed by atoms with Gasteiger partial charge in [-0.2, -0.15) is 18.3 Å².